The van der Waals surface area contributed by atoms with Gasteiger partial charge < -0.3 is 24.0 Å². The maximum absolute atomic E-state index is 14.4. The summed E-state index contributed by atoms with van der Waals surface area (Å²) < 4.78 is 30.5. The lowest BCUT2D eigenvalue weighted by molar-refractivity contribution is 0.252. The van der Waals surface area contributed by atoms with Crippen LogP contribution in [-0.4, -0.2) is 52.9 Å². The van der Waals surface area contributed by atoms with Gasteiger partial charge in [0.05, 0.1) is 14.2 Å². The van der Waals surface area contributed by atoms with Crippen LogP contribution in [0.5, 0.6) is 17.2 Å². The van der Waals surface area contributed by atoms with Crippen LogP contribution in [-0.2, 0) is 6.54 Å². The number of benzene rings is 2. The minimum Gasteiger partial charge on any atom is -0.493 e. The van der Waals surface area contributed by atoms with E-state index in [4.69, 9.17) is 14.2 Å². The third kappa shape index (κ3) is 5.76. The van der Waals surface area contributed by atoms with Crippen molar-refractivity contribution in [2.45, 2.75) is 13.5 Å². The predicted octanol–water partition coefficient (Wildman–Crippen LogP) is 3.81. The molecule has 2 aromatic carbocycles. The molecular formula is C21H29FN2O3. The lowest BCUT2D eigenvalue weighted by Crippen LogP contribution is -2.22. The maximum Gasteiger partial charge on any atom is 0.165 e. The van der Waals surface area contributed by atoms with Crippen LogP contribution in [0.15, 0.2) is 36.4 Å². The molecule has 5 nitrogen and oxygen atoms in total. The summed E-state index contributed by atoms with van der Waals surface area (Å²) in [4.78, 5) is 4.14. The number of methoxy groups -OCH3 is 2. The second-order valence-corrected chi connectivity index (χ2v) is 6.47. The molecule has 0 spiro atoms. The van der Waals surface area contributed by atoms with Gasteiger partial charge in [-0.2, -0.15) is 0 Å². The van der Waals surface area contributed by atoms with Crippen molar-refractivity contribution in [2.75, 3.05) is 52.9 Å². The molecule has 0 fully saturated rings. The molecule has 0 aliphatic heterocycles. The van der Waals surface area contributed by atoms with E-state index in [0.29, 0.717) is 24.7 Å². The van der Waals surface area contributed by atoms with E-state index in [1.165, 1.54) is 6.07 Å². The molecular weight excluding hydrogens is 347 g/mol. The molecule has 0 N–H and O–H groups in total. The summed E-state index contributed by atoms with van der Waals surface area (Å²) in [5.41, 5.74) is 1.87. The van der Waals surface area contributed by atoms with Crippen molar-refractivity contribution in [3.63, 3.8) is 0 Å². The standard InChI is InChI=1S/C21H29FN2O3/c1-6-24(17-8-10-20(25-4)21(14-17)26-5)15-16-7-9-19(18(22)13-16)27-12-11-23(2)3/h7-10,13-14H,6,11-12,15H2,1-5H3. The van der Waals surface area contributed by atoms with E-state index >= 15 is 0 Å². The Hall–Kier alpha value is -2.47. The van der Waals surface area contributed by atoms with Gasteiger partial charge >= 0.3 is 0 Å². The highest BCUT2D eigenvalue weighted by molar-refractivity contribution is 5.56. The van der Waals surface area contributed by atoms with Crippen molar-refractivity contribution in [3.05, 3.63) is 47.8 Å². The van der Waals surface area contributed by atoms with Gasteiger partial charge in [-0.25, -0.2) is 4.39 Å². The highest BCUT2D eigenvalue weighted by Crippen LogP contribution is 2.32. The second-order valence-electron chi connectivity index (χ2n) is 6.47. The normalized spacial score (nSPS) is 10.8. The van der Waals surface area contributed by atoms with Crippen LogP contribution in [0.25, 0.3) is 0 Å². The number of nitrogens with zero attached hydrogens (tertiary/aromatic N) is 2. The molecule has 2 rings (SSSR count). The Kier molecular flexibility index (Phi) is 7.73. The van der Waals surface area contributed by atoms with Gasteiger partial charge in [0.15, 0.2) is 23.1 Å². The number of rotatable bonds is 10. The second kappa shape index (κ2) is 10.0. The zero-order chi connectivity index (χ0) is 19.8. The molecule has 148 valence electrons. The fourth-order valence-corrected chi connectivity index (χ4v) is 2.73. The Morgan fingerprint density at radius 2 is 1.63 bits per heavy atom. The lowest BCUT2D eigenvalue weighted by atomic mass is 10.1. The molecule has 0 unspecified atom stereocenters. The maximum atomic E-state index is 14.4. The first-order valence-corrected chi connectivity index (χ1v) is 9.01. The molecule has 0 heterocycles. The van der Waals surface area contributed by atoms with Crippen LogP contribution in [0, 0.1) is 5.82 Å². The Labute approximate surface area is 161 Å². The topological polar surface area (TPSA) is 34.2 Å². The molecule has 27 heavy (non-hydrogen) atoms. The molecule has 0 bridgehead atoms. The summed E-state index contributed by atoms with van der Waals surface area (Å²) in [6.45, 7) is 4.62. The first-order chi connectivity index (χ1) is 13.0. The van der Waals surface area contributed by atoms with Crippen LogP contribution in [0.3, 0.4) is 0 Å². The first kappa shape index (κ1) is 20.8. The molecule has 0 amide bonds. The van der Waals surface area contributed by atoms with E-state index in [1.54, 1.807) is 20.3 Å². The Morgan fingerprint density at radius 1 is 0.926 bits per heavy atom. The van der Waals surface area contributed by atoms with Crippen molar-refractivity contribution >= 4 is 5.69 Å². The van der Waals surface area contributed by atoms with Crippen molar-refractivity contribution in [1.82, 2.24) is 4.90 Å². The largest absolute Gasteiger partial charge is 0.493 e. The van der Waals surface area contributed by atoms with Crippen LogP contribution in [0.4, 0.5) is 10.1 Å². The summed E-state index contributed by atoms with van der Waals surface area (Å²) in [7, 11) is 7.13. The van der Waals surface area contributed by atoms with Crippen LogP contribution in [0.2, 0.25) is 0 Å². The molecule has 0 saturated heterocycles. The van der Waals surface area contributed by atoms with Crippen molar-refractivity contribution in [3.8, 4) is 17.2 Å². The molecule has 0 saturated carbocycles. The minimum absolute atomic E-state index is 0.287. The van der Waals surface area contributed by atoms with Crippen molar-refractivity contribution in [1.29, 1.82) is 0 Å². The van der Waals surface area contributed by atoms with Gasteiger partial charge in [0.1, 0.15) is 6.61 Å². The number of hydrogen-bond acceptors (Lipinski definition) is 5. The number of anilines is 1. The summed E-state index contributed by atoms with van der Waals surface area (Å²) in [6, 6.07) is 10.9. The third-order valence-corrected chi connectivity index (χ3v) is 4.28. The van der Waals surface area contributed by atoms with Gasteiger partial charge in [-0.3, -0.25) is 0 Å². The van der Waals surface area contributed by atoms with E-state index in [-0.39, 0.29) is 11.6 Å². The zero-order valence-electron chi connectivity index (χ0n) is 16.8. The van der Waals surface area contributed by atoms with E-state index < -0.39 is 0 Å². The Balaban J connectivity index is 2.11. The van der Waals surface area contributed by atoms with Gasteiger partial charge in [-0.05, 0) is 50.8 Å². The van der Waals surface area contributed by atoms with E-state index in [1.807, 2.05) is 43.3 Å². The molecule has 0 atom stereocenters. The van der Waals surface area contributed by atoms with Gasteiger partial charge in [-0.15, -0.1) is 0 Å². The van der Waals surface area contributed by atoms with Crippen LogP contribution >= 0.6 is 0 Å². The summed E-state index contributed by atoms with van der Waals surface area (Å²) >= 11 is 0. The molecule has 0 aliphatic carbocycles. The van der Waals surface area contributed by atoms with E-state index in [0.717, 1.165) is 24.3 Å². The average molecular weight is 376 g/mol. The molecule has 0 radical (unpaired) electrons. The summed E-state index contributed by atoms with van der Waals surface area (Å²) in [5, 5.41) is 0. The Morgan fingerprint density at radius 3 is 2.22 bits per heavy atom. The van der Waals surface area contributed by atoms with Crippen LogP contribution in [0.1, 0.15) is 12.5 Å². The van der Waals surface area contributed by atoms with Gasteiger partial charge in [0.2, 0.25) is 0 Å². The van der Waals surface area contributed by atoms with E-state index in [9.17, 15) is 4.39 Å². The van der Waals surface area contributed by atoms with Crippen molar-refractivity contribution in [2.24, 2.45) is 0 Å². The molecule has 2 aromatic rings. The Bertz CT molecular complexity index is 737. The number of ether oxygens (including phenoxy) is 3. The molecule has 6 heteroatoms. The monoisotopic (exact) mass is 376 g/mol. The third-order valence-electron chi connectivity index (χ3n) is 4.28. The highest BCUT2D eigenvalue weighted by atomic mass is 19.1. The minimum atomic E-state index is -0.338. The zero-order valence-corrected chi connectivity index (χ0v) is 16.8. The number of halogens is 1. The predicted molar refractivity (Wildman–Crippen MR) is 107 cm³/mol. The molecule has 0 aliphatic rings. The summed E-state index contributed by atoms with van der Waals surface area (Å²) in [5.74, 6) is 1.30. The SMILES string of the molecule is CCN(Cc1ccc(OCCN(C)C)c(F)c1)c1ccc(OC)c(OC)c1. The van der Waals surface area contributed by atoms with Gasteiger partial charge in [-0.1, -0.05) is 6.07 Å². The lowest BCUT2D eigenvalue weighted by Gasteiger charge is -2.24. The average Bonchev–Trinajstić information content (AvgIpc) is 2.66. The fourth-order valence-electron chi connectivity index (χ4n) is 2.73. The highest BCUT2D eigenvalue weighted by Gasteiger charge is 2.12. The summed E-state index contributed by atoms with van der Waals surface area (Å²) in [6.07, 6.45) is 0. The van der Waals surface area contributed by atoms with Gasteiger partial charge in [0, 0.05) is 31.4 Å². The van der Waals surface area contributed by atoms with Crippen LogP contribution < -0.4 is 19.1 Å². The van der Waals surface area contributed by atoms with Crippen molar-refractivity contribution < 1.29 is 18.6 Å². The van der Waals surface area contributed by atoms with Gasteiger partial charge in [0.25, 0.3) is 0 Å². The number of hydrogen-bond donors (Lipinski definition) is 0. The number of likely N-dealkylation sites (N-methyl/N-ethyl adjacent to an activating group) is 1. The smallest absolute Gasteiger partial charge is 0.165 e. The molecule has 0 aromatic heterocycles. The van der Waals surface area contributed by atoms with E-state index in [2.05, 4.69) is 11.8 Å². The fraction of sp³-hybridized carbons (Fsp3) is 0.429. The first-order valence-electron chi connectivity index (χ1n) is 9.01. The quantitative estimate of drug-likeness (QED) is 0.630.